The number of aliphatic carboxylic acids is 1. The maximum atomic E-state index is 11.5. The van der Waals surface area contributed by atoms with Gasteiger partial charge < -0.3 is 15.2 Å². The molecule has 110 valence electrons. The van der Waals surface area contributed by atoms with E-state index in [1.807, 2.05) is 32.0 Å². The summed E-state index contributed by atoms with van der Waals surface area (Å²) >= 11 is 0. The van der Waals surface area contributed by atoms with Crippen LogP contribution in [0.5, 0.6) is 5.75 Å². The number of ether oxygens (including phenoxy) is 1. The lowest BCUT2D eigenvalue weighted by atomic mass is 10.1. The van der Waals surface area contributed by atoms with Crippen LogP contribution in [0, 0.1) is 19.8 Å². The van der Waals surface area contributed by atoms with Crippen LogP contribution in [0.15, 0.2) is 18.2 Å². The molecule has 0 saturated carbocycles. The van der Waals surface area contributed by atoms with E-state index >= 15 is 0 Å². The molecule has 0 heterocycles. The molecule has 1 aromatic rings. The molecule has 1 rings (SSSR count). The molecule has 0 aliphatic carbocycles. The smallest absolute Gasteiger partial charge is 0.308 e. The minimum Gasteiger partial charge on any atom is -0.493 e. The number of carbonyl (C=O) groups excluding carboxylic acids is 1. The van der Waals surface area contributed by atoms with Gasteiger partial charge >= 0.3 is 5.97 Å². The van der Waals surface area contributed by atoms with E-state index in [0.717, 1.165) is 16.9 Å². The zero-order valence-corrected chi connectivity index (χ0v) is 12.1. The van der Waals surface area contributed by atoms with Gasteiger partial charge in [-0.15, -0.1) is 0 Å². The molecule has 0 aromatic heterocycles. The molecule has 0 radical (unpaired) electrons. The summed E-state index contributed by atoms with van der Waals surface area (Å²) in [6.45, 7) is 5.93. The van der Waals surface area contributed by atoms with E-state index in [0.29, 0.717) is 0 Å². The van der Waals surface area contributed by atoms with Gasteiger partial charge in [-0.1, -0.05) is 24.6 Å². The van der Waals surface area contributed by atoms with Gasteiger partial charge in [0.1, 0.15) is 5.75 Å². The number of benzene rings is 1. The number of carboxylic acid groups (broad SMARTS) is 1. The number of hydrogen-bond acceptors (Lipinski definition) is 3. The van der Waals surface area contributed by atoms with E-state index in [2.05, 4.69) is 5.32 Å². The maximum Gasteiger partial charge on any atom is 0.308 e. The first-order chi connectivity index (χ1) is 9.40. The number of amides is 1. The highest BCUT2D eigenvalue weighted by Crippen LogP contribution is 2.18. The van der Waals surface area contributed by atoms with Crippen molar-refractivity contribution >= 4 is 11.9 Å². The summed E-state index contributed by atoms with van der Waals surface area (Å²) in [5.41, 5.74) is 2.19. The van der Waals surface area contributed by atoms with Crippen molar-refractivity contribution < 1.29 is 19.4 Å². The third kappa shape index (κ3) is 5.30. The summed E-state index contributed by atoms with van der Waals surface area (Å²) in [6.07, 6.45) is 0.208. The Hall–Kier alpha value is -2.04. The fourth-order valence-electron chi connectivity index (χ4n) is 1.66. The van der Waals surface area contributed by atoms with E-state index in [1.54, 1.807) is 6.92 Å². The van der Waals surface area contributed by atoms with Gasteiger partial charge in [0, 0.05) is 6.54 Å². The molecule has 2 N–H and O–H groups in total. The molecule has 5 heteroatoms. The van der Waals surface area contributed by atoms with Crippen molar-refractivity contribution in [2.75, 3.05) is 13.2 Å². The lowest BCUT2D eigenvalue weighted by Gasteiger charge is -2.11. The van der Waals surface area contributed by atoms with Crippen LogP contribution in [0.4, 0.5) is 0 Å². The summed E-state index contributed by atoms with van der Waals surface area (Å²) in [5, 5.41) is 11.3. The number of hydrogen-bond donors (Lipinski definition) is 2. The SMILES string of the molecule is Cc1ccc(OCCC(=O)NCC(C)C(=O)O)c(C)c1. The molecule has 0 saturated heterocycles. The van der Waals surface area contributed by atoms with Gasteiger partial charge in [-0.25, -0.2) is 0 Å². The summed E-state index contributed by atoms with van der Waals surface area (Å²) in [4.78, 5) is 22.1. The van der Waals surface area contributed by atoms with Gasteiger partial charge in [-0.05, 0) is 25.5 Å². The largest absolute Gasteiger partial charge is 0.493 e. The normalized spacial score (nSPS) is 11.8. The molecule has 1 amide bonds. The zero-order chi connectivity index (χ0) is 15.1. The highest BCUT2D eigenvalue weighted by atomic mass is 16.5. The number of nitrogens with one attached hydrogen (secondary N) is 1. The van der Waals surface area contributed by atoms with Crippen LogP contribution in [-0.2, 0) is 9.59 Å². The van der Waals surface area contributed by atoms with E-state index in [-0.39, 0.29) is 25.5 Å². The monoisotopic (exact) mass is 279 g/mol. The molecule has 0 spiro atoms. The fourth-order valence-corrected chi connectivity index (χ4v) is 1.66. The Bertz CT molecular complexity index is 485. The molecule has 0 fully saturated rings. The molecule has 0 bridgehead atoms. The van der Waals surface area contributed by atoms with Gasteiger partial charge in [0.2, 0.25) is 5.91 Å². The second-order valence-electron chi connectivity index (χ2n) is 4.91. The molecular weight excluding hydrogens is 258 g/mol. The maximum absolute atomic E-state index is 11.5. The number of rotatable bonds is 7. The second-order valence-corrected chi connectivity index (χ2v) is 4.91. The van der Waals surface area contributed by atoms with E-state index in [1.165, 1.54) is 0 Å². The minimum atomic E-state index is -0.920. The molecule has 5 nitrogen and oxygen atoms in total. The first-order valence-corrected chi connectivity index (χ1v) is 6.59. The van der Waals surface area contributed by atoms with Gasteiger partial charge in [-0.2, -0.15) is 0 Å². The van der Waals surface area contributed by atoms with Crippen LogP contribution in [0.3, 0.4) is 0 Å². The molecule has 20 heavy (non-hydrogen) atoms. The summed E-state index contributed by atoms with van der Waals surface area (Å²) in [5.74, 6) is -0.943. The average Bonchev–Trinajstić information content (AvgIpc) is 2.38. The second kappa shape index (κ2) is 7.53. The van der Waals surface area contributed by atoms with Gasteiger partial charge in [0.15, 0.2) is 0 Å². The lowest BCUT2D eigenvalue weighted by molar-refractivity contribution is -0.141. The van der Waals surface area contributed by atoms with Crippen LogP contribution >= 0.6 is 0 Å². The van der Waals surface area contributed by atoms with Crippen molar-refractivity contribution in [3.05, 3.63) is 29.3 Å². The zero-order valence-electron chi connectivity index (χ0n) is 12.1. The van der Waals surface area contributed by atoms with Crippen LogP contribution in [0.2, 0.25) is 0 Å². The average molecular weight is 279 g/mol. The van der Waals surface area contributed by atoms with Crippen molar-refractivity contribution in [3.63, 3.8) is 0 Å². The number of carboxylic acids is 1. The van der Waals surface area contributed by atoms with Crippen molar-refractivity contribution in [1.29, 1.82) is 0 Å². The summed E-state index contributed by atoms with van der Waals surface area (Å²) < 4.78 is 5.54. The topological polar surface area (TPSA) is 75.6 Å². The Morgan fingerprint density at radius 2 is 2.05 bits per heavy atom. The van der Waals surface area contributed by atoms with Crippen molar-refractivity contribution in [3.8, 4) is 5.75 Å². The van der Waals surface area contributed by atoms with Gasteiger partial charge in [-0.3, -0.25) is 9.59 Å². The van der Waals surface area contributed by atoms with Gasteiger partial charge in [0.05, 0.1) is 18.9 Å². The minimum absolute atomic E-state index is 0.137. The molecule has 1 unspecified atom stereocenters. The first-order valence-electron chi connectivity index (χ1n) is 6.59. The molecule has 0 aliphatic rings. The van der Waals surface area contributed by atoms with Crippen LogP contribution < -0.4 is 10.1 Å². The van der Waals surface area contributed by atoms with E-state index < -0.39 is 11.9 Å². The Balaban J connectivity index is 2.30. The van der Waals surface area contributed by atoms with Crippen LogP contribution in [0.25, 0.3) is 0 Å². The predicted molar refractivity (Wildman–Crippen MR) is 75.8 cm³/mol. The molecule has 1 atom stereocenters. The van der Waals surface area contributed by atoms with Crippen molar-refractivity contribution in [1.82, 2.24) is 5.32 Å². The van der Waals surface area contributed by atoms with Crippen LogP contribution in [0.1, 0.15) is 24.5 Å². The Labute approximate surface area is 118 Å². The standard InChI is InChI=1S/C15H21NO4/c1-10-4-5-13(11(2)8-10)20-7-6-14(17)16-9-12(3)15(18)19/h4-5,8,12H,6-7,9H2,1-3H3,(H,16,17)(H,18,19). The molecular formula is C15H21NO4. The summed E-state index contributed by atoms with van der Waals surface area (Å²) in [6, 6.07) is 5.86. The lowest BCUT2D eigenvalue weighted by Crippen LogP contribution is -2.32. The first kappa shape index (κ1) is 16.0. The predicted octanol–water partition coefficient (Wildman–Crippen LogP) is 1.91. The quantitative estimate of drug-likeness (QED) is 0.799. The highest BCUT2D eigenvalue weighted by Gasteiger charge is 2.12. The Kier molecular flexibility index (Phi) is 6.03. The van der Waals surface area contributed by atoms with Crippen molar-refractivity contribution in [2.45, 2.75) is 27.2 Å². The molecule has 1 aromatic carbocycles. The number of aryl methyl sites for hydroxylation is 2. The number of carbonyl (C=O) groups is 2. The van der Waals surface area contributed by atoms with Crippen LogP contribution in [-0.4, -0.2) is 30.1 Å². The van der Waals surface area contributed by atoms with Gasteiger partial charge in [0.25, 0.3) is 0 Å². The highest BCUT2D eigenvalue weighted by molar-refractivity contribution is 5.77. The third-order valence-corrected chi connectivity index (χ3v) is 2.94. The third-order valence-electron chi connectivity index (χ3n) is 2.94. The van der Waals surface area contributed by atoms with E-state index in [4.69, 9.17) is 9.84 Å². The Morgan fingerprint density at radius 3 is 2.65 bits per heavy atom. The Morgan fingerprint density at radius 1 is 1.35 bits per heavy atom. The fraction of sp³-hybridized carbons (Fsp3) is 0.467. The molecule has 0 aliphatic heterocycles. The summed E-state index contributed by atoms with van der Waals surface area (Å²) in [7, 11) is 0. The van der Waals surface area contributed by atoms with E-state index in [9.17, 15) is 9.59 Å². The van der Waals surface area contributed by atoms with Crippen molar-refractivity contribution in [2.24, 2.45) is 5.92 Å².